The molecule has 13 heavy (non-hydrogen) atoms. The van der Waals surface area contributed by atoms with E-state index in [1.807, 2.05) is 18.2 Å². The van der Waals surface area contributed by atoms with E-state index in [0.29, 0.717) is 11.5 Å². The molecule has 0 aromatic heterocycles. The predicted octanol–water partition coefficient (Wildman–Crippen LogP) is 2.44. The molecule has 0 unspecified atom stereocenters. The van der Waals surface area contributed by atoms with Crippen LogP contribution in [0.15, 0.2) is 18.2 Å². The number of ether oxygens (including phenoxy) is 1. The molecule has 1 aromatic carbocycles. The summed E-state index contributed by atoms with van der Waals surface area (Å²) < 4.78 is 5.49. The first-order valence-corrected chi connectivity index (χ1v) is 4.48. The van der Waals surface area contributed by atoms with E-state index in [4.69, 9.17) is 10.00 Å². The van der Waals surface area contributed by atoms with Crippen molar-refractivity contribution in [3.63, 3.8) is 0 Å². The van der Waals surface area contributed by atoms with Crippen molar-refractivity contribution >= 4 is 0 Å². The van der Waals surface area contributed by atoms with Gasteiger partial charge in [0.05, 0.1) is 18.2 Å². The van der Waals surface area contributed by atoms with E-state index in [9.17, 15) is 0 Å². The van der Waals surface area contributed by atoms with E-state index in [1.165, 1.54) is 5.56 Å². The summed E-state index contributed by atoms with van der Waals surface area (Å²) in [5.41, 5.74) is 1.90. The molecule has 0 N–H and O–H groups in total. The summed E-state index contributed by atoms with van der Waals surface area (Å²) in [5.74, 6) is 1.44. The Morgan fingerprint density at radius 2 is 2.38 bits per heavy atom. The molecular weight excluding hydrogens is 162 g/mol. The van der Waals surface area contributed by atoms with Crippen molar-refractivity contribution in [2.75, 3.05) is 6.61 Å². The minimum Gasteiger partial charge on any atom is -0.493 e. The highest BCUT2D eigenvalue weighted by Gasteiger charge is 2.17. The monoisotopic (exact) mass is 173 g/mol. The minimum atomic E-state index is 0.552. The maximum Gasteiger partial charge on any atom is 0.124 e. The largest absolute Gasteiger partial charge is 0.493 e. The third-order valence-corrected chi connectivity index (χ3v) is 2.48. The molecule has 0 spiro atoms. The van der Waals surface area contributed by atoms with Crippen LogP contribution in [0.4, 0.5) is 0 Å². The van der Waals surface area contributed by atoms with Crippen molar-refractivity contribution in [2.24, 2.45) is 0 Å². The molecule has 1 aromatic rings. The van der Waals surface area contributed by atoms with Gasteiger partial charge >= 0.3 is 0 Å². The molecule has 0 radical (unpaired) electrons. The zero-order chi connectivity index (χ0) is 9.26. The second kappa shape index (κ2) is 3.10. The third kappa shape index (κ3) is 1.38. The third-order valence-electron chi connectivity index (χ3n) is 2.48. The summed E-state index contributed by atoms with van der Waals surface area (Å²) in [6.07, 6.45) is 1.07. The Morgan fingerprint density at radius 3 is 3.15 bits per heavy atom. The summed E-state index contributed by atoms with van der Waals surface area (Å²) in [4.78, 5) is 0. The SMILES string of the molecule is C[C@@H]1CCOc2cc(C#N)ccc21. The van der Waals surface area contributed by atoms with Gasteiger partial charge in [-0.3, -0.25) is 0 Å². The fraction of sp³-hybridized carbons (Fsp3) is 0.364. The minimum absolute atomic E-state index is 0.552. The average Bonchev–Trinajstić information content (AvgIpc) is 2.18. The Labute approximate surface area is 77.8 Å². The van der Waals surface area contributed by atoms with Crippen LogP contribution in [-0.2, 0) is 0 Å². The van der Waals surface area contributed by atoms with Crippen molar-refractivity contribution in [3.05, 3.63) is 29.3 Å². The van der Waals surface area contributed by atoms with E-state index in [-0.39, 0.29) is 0 Å². The van der Waals surface area contributed by atoms with E-state index < -0.39 is 0 Å². The summed E-state index contributed by atoms with van der Waals surface area (Å²) in [6, 6.07) is 7.79. The molecule has 1 aliphatic heterocycles. The highest BCUT2D eigenvalue weighted by molar-refractivity contribution is 5.44. The van der Waals surface area contributed by atoms with Crippen molar-refractivity contribution in [1.82, 2.24) is 0 Å². The number of nitrogens with zero attached hydrogens (tertiary/aromatic N) is 1. The van der Waals surface area contributed by atoms with Gasteiger partial charge in [0.1, 0.15) is 5.75 Å². The molecule has 0 amide bonds. The molecule has 66 valence electrons. The molecule has 2 heteroatoms. The molecular formula is C11H11NO. The van der Waals surface area contributed by atoms with Gasteiger partial charge in [-0.25, -0.2) is 0 Å². The van der Waals surface area contributed by atoms with Gasteiger partial charge in [-0.1, -0.05) is 13.0 Å². The van der Waals surface area contributed by atoms with Crippen LogP contribution >= 0.6 is 0 Å². The van der Waals surface area contributed by atoms with Gasteiger partial charge < -0.3 is 4.74 Å². The fourth-order valence-electron chi connectivity index (χ4n) is 1.64. The van der Waals surface area contributed by atoms with Crippen LogP contribution in [0.1, 0.15) is 30.4 Å². The van der Waals surface area contributed by atoms with Crippen LogP contribution in [0, 0.1) is 11.3 Å². The Hall–Kier alpha value is -1.49. The van der Waals surface area contributed by atoms with Crippen molar-refractivity contribution in [3.8, 4) is 11.8 Å². The highest BCUT2D eigenvalue weighted by Crippen LogP contribution is 2.33. The molecule has 0 saturated carbocycles. The zero-order valence-electron chi connectivity index (χ0n) is 7.58. The van der Waals surface area contributed by atoms with E-state index >= 15 is 0 Å². The van der Waals surface area contributed by atoms with Gasteiger partial charge in [-0.2, -0.15) is 5.26 Å². The van der Waals surface area contributed by atoms with Crippen LogP contribution in [0.25, 0.3) is 0 Å². The fourth-order valence-corrected chi connectivity index (χ4v) is 1.64. The zero-order valence-corrected chi connectivity index (χ0v) is 7.58. The summed E-state index contributed by atoms with van der Waals surface area (Å²) >= 11 is 0. The number of fused-ring (bicyclic) bond motifs is 1. The molecule has 0 saturated heterocycles. The molecule has 1 atom stereocenters. The lowest BCUT2D eigenvalue weighted by Gasteiger charge is -2.22. The van der Waals surface area contributed by atoms with Crippen LogP contribution in [0.5, 0.6) is 5.75 Å². The summed E-state index contributed by atoms with van der Waals surface area (Å²) in [6.45, 7) is 2.95. The van der Waals surface area contributed by atoms with Gasteiger partial charge in [0.15, 0.2) is 0 Å². The highest BCUT2D eigenvalue weighted by atomic mass is 16.5. The summed E-state index contributed by atoms with van der Waals surface area (Å²) in [7, 11) is 0. The van der Waals surface area contributed by atoms with E-state index in [0.717, 1.165) is 18.8 Å². The molecule has 2 rings (SSSR count). The lowest BCUT2D eigenvalue weighted by Crippen LogP contribution is -2.11. The average molecular weight is 173 g/mol. The molecule has 0 fully saturated rings. The molecule has 1 heterocycles. The van der Waals surface area contributed by atoms with Crippen molar-refractivity contribution in [2.45, 2.75) is 19.3 Å². The Kier molecular flexibility index (Phi) is 1.94. The Morgan fingerprint density at radius 1 is 1.54 bits per heavy atom. The van der Waals surface area contributed by atoms with Gasteiger partial charge in [0.2, 0.25) is 0 Å². The maximum atomic E-state index is 8.70. The molecule has 0 bridgehead atoms. The first-order chi connectivity index (χ1) is 6.31. The molecule has 2 nitrogen and oxygen atoms in total. The standard InChI is InChI=1S/C11H11NO/c1-8-4-5-13-11-6-9(7-12)2-3-10(8)11/h2-3,6,8H,4-5H2,1H3/t8-/m1/s1. The normalized spacial score (nSPS) is 19.8. The Bertz CT molecular complexity index is 365. The number of hydrogen-bond donors (Lipinski definition) is 0. The smallest absolute Gasteiger partial charge is 0.124 e. The number of rotatable bonds is 0. The topological polar surface area (TPSA) is 33.0 Å². The quantitative estimate of drug-likeness (QED) is 0.603. The van der Waals surface area contributed by atoms with E-state index in [2.05, 4.69) is 13.0 Å². The Balaban J connectivity index is 2.47. The molecule has 0 aliphatic carbocycles. The van der Waals surface area contributed by atoms with Gasteiger partial charge in [0, 0.05) is 0 Å². The van der Waals surface area contributed by atoms with Crippen LogP contribution in [0.3, 0.4) is 0 Å². The second-order valence-corrected chi connectivity index (χ2v) is 3.40. The predicted molar refractivity (Wildman–Crippen MR) is 49.7 cm³/mol. The van der Waals surface area contributed by atoms with Crippen molar-refractivity contribution in [1.29, 1.82) is 5.26 Å². The van der Waals surface area contributed by atoms with Crippen LogP contribution in [-0.4, -0.2) is 6.61 Å². The lowest BCUT2D eigenvalue weighted by molar-refractivity contribution is 0.272. The van der Waals surface area contributed by atoms with Crippen molar-refractivity contribution < 1.29 is 4.74 Å². The number of hydrogen-bond acceptors (Lipinski definition) is 2. The first-order valence-electron chi connectivity index (χ1n) is 4.48. The number of benzene rings is 1. The maximum absolute atomic E-state index is 8.70. The lowest BCUT2D eigenvalue weighted by atomic mass is 9.94. The van der Waals surface area contributed by atoms with Crippen LogP contribution in [0.2, 0.25) is 0 Å². The van der Waals surface area contributed by atoms with Crippen LogP contribution < -0.4 is 4.74 Å². The summed E-state index contributed by atoms with van der Waals surface area (Å²) in [5, 5.41) is 8.70. The first kappa shape index (κ1) is 8.12. The number of nitriles is 1. The van der Waals surface area contributed by atoms with Gasteiger partial charge in [0.25, 0.3) is 0 Å². The van der Waals surface area contributed by atoms with Gasteiger partial charge in [-0.05, 0) is 30.0 Å². The van der Waals surface area contributed by atoms with Gasteiger partial charge in [-0.15, -0.1) is 0 Å². The second-order valence-electron chi connectivity index (χ2n) is 3.40. The van der Waals surface area contributed by atoms with E-state index in [1.54, 1.807) is 0 Å². The molecule has 1 aliphatic rings.